The molecule has 30 heavy (non-hydrogen) atoms. The number of nitrogens with zero attached hydrogens (tertiary/aromatic N) is 1. The molecule has 160 valence electrons. The van der Waals surface area contributed by atoms with E-state index in [2.05, 4.69) is 15.4 Å². The van der Waals surface area contributed by atoms with Crippen LogP contribution in [0.2, 0.25) is 5.02 Å². The second-order valence-corrected chi connectivity index (χ2v) is 8.89. The lowest BCUT2D eigenvalue weighted by molar-refractivity contribution is -0.384. The highest BCUT2D eigenvalue weighted by Crippen LogP contribution is 2.40. The van der Waals surface area contributed by atoms with Crippen molar-refractivity contribution in [2.75, 3.05) is 22.8 Å². The van der Waals surface area contributed by atoms with Crippen LogP contribution < -0.4 is 20.1 Å². The zero-order valence-electron chi connectivity index (χ0n) is 15.8. The van der Waals surface area contributed by atoms with E-state index in [0.717, 1.165) is 31.2 Å². The van der Waals surface area contributed by atoms with Gasteiger partial charge in [-0.3, -0.25) is 19.6 Å². The van der Waals surface area contributed by atoms with Crippen molar-refractivity contribution < 1.29 is 22.9 Å². The normalized spacial score (nSPS) is 13.5. The maximum absolute atomic E-state index is 12.2. The number of benzene rings is 2. The maximum atomic E-state index is 12.2. The Hall–Kier alpha value is -2.89. The zero-order valence-corrected chi connectivity index (χ0v) is 17.4. The van der Waals surface area contributed by atoms with Crippen molar-refractivity contribution in [1.29, 1.82) is 0 Å². The third-order valence-corrected chi connectivity index (χ3v) is 4.95. The molecule has 0 unspecified atom stereocenters. The first-order valence-corrected chi connectivity index (χ1v) is 11.1. The van der Waals surface area contributed by atoms with Crippen LogP contribution in [0.5, 0.6) is 11.5 Å². The summed E-state index contributed by atoms with van der Waals surface area (Å²) >= 11 is 6.07. The number of carbonyl (C=O) groups is 1. The standard InChI is InChI=1S/C18H19ClN4O6S/c1-30(27,28)22-14-8-13(21-18(24)10-20-11-6-7-11)15(23(25)26)9-17(14)29-16-5-3-2-4-12(16)19/h2-5,8-9,11,20,22H,6-7,10H2,1H3,(H,21,24). The predicted octanol–water partition coefficient (Wildman–Crippen LogP) is 3.10. The van der Waals surface area contributed by atoms with Gasteiger partial charge in [-0.15, -0.1) is 0 Å². The molecule has 0 aromatic heterocycles. The summed E-state index contributed by atoms with van der Waals surface area (Å²) in [5.41, 5.74) is -0.718. The number of para-hydroxylation sites is 1. The van der Waals surface area contributed by atoms with Crippen molar-refractivity contribution in [3.8, 4) is 11.5 Å². The molecule has 12 heteroatoms. The van der Waals surface area contributed by atoms with Crippen LogP contribution in [0.4, 0.5) is 17.1 Å². The van der Waals surface area contributed by atoms with Gasteiger partial charge in [-0.1, -0.05) is 23.7 Å². The molecule has 10 nitrogen and oxygen atoms in total. The number of nitro groups is 1. The minimum absolute atomic E-state index is 0.0193. The van der Waals surface area contributed by atoms with E-state index in [-0.39, 0.29) is 40.5 Å². The first kappa shape index (κ1) is 21.8. The molecule has 2 aromatic rings. The zero-order chi connectivity index (χ0) is 21.9. The van der Waals surface area contributed by atoms with Crippen LogP contribution in [0.1, 0.15) is 12.8 Å². The number of anilines is 2. The Morgan fingerprint density at radius 1 is 1.23 bits per heavy atom. The Bertz CT molecular complexity index is 1090. The summed E-state index contributed by atoms with van der Waals surface area (Å²) in [7, 11) is -3.75. The third kappa shape index (κ3) is 6.05. The van der Waals surface area contributed by atoms with Crippen molar-refractivity contribution >= 4 is 44.6 Å². The highest BCUT2D eigenvalue weighted by Gasteiger charge is 2.25. The Morgan fingerprint density at radius 2 is 1.93 bits per heavy atom. The number of amides is 1. The summed E-state index contributed by atoms with van der Waals surface area (Å²) in [4.78, 5) is 23.0. The van der Waals surface area contributed by atoms with E-state index in [4.69, 9.17) is 16.3 Å². The lowest BCUT2D eigenvalue weighted by atomic mass is 10.2. The van der Waals surface area contributed by atoms with Crippen LogP contribution in [0.3, 0.4) is 0 Å². The second kappa shape index (κ2) is 8.86. The van der Waals surface area contributed by atoms with Crippen molar-refractivity contribution in [3.05, 3.63) is 51.5 Å². The Kier molecular flexibility index (Phi) is 6.44. The molecule has 0 atom stereocenters. The van der Waals surface area contributed by atoms with E-state index >= 15 is 0 Å². The molecule has 0 aliphatic heterocycles. The van der Waals surface area contributed by atoms with E-state index in [1.807, 2.05) is 0 Å². The molecular formula is C18H19ClN4O6S. The van der Waals surface area contributed by atoms with Crippen molar-refractivity contribution in [2.45, 2.75) is 18.9 Å². The van der Waals surface area contributed by atoms with Crippen LogP contribution in [0.25, 0.3) is 0 Å². The highest BCUT2D eigenvalue weighted by molar-refractivity contribution is 7.92. The van der Waals surface area contributed by atoms with Gasteiger partial charge in [0.25, 0.3) is 5.69 Å². The number of ether oxygens (including phenoxy) is 1. The van der Waals surface area contributed by atoms with Crippen LogP contribution in [-0.4, -0.2) is 38.1 Å². The number of sulfonamides is 1. The fourth-order valence-electron chi connectivity index (χ4n) is 2.55. The van der Waals surface area contributed by atoms with Gasteiger partial charge in [-0.2, -0.15) is 0 Å². The molecule has 0 radical (unpaired) electrons. The first-order valence-electron chi connectivity index (χ1n) is 8.88. The number of hydrogen-bond acceptors (Lipinski definition) is 7. The quantitative estimate of drug-likeness (QED) is 0.390. The molecule has 3 rings (SSSR count). The summed E-state index contributed by atoms with van der Waals surface area (Å²) in [6.45, 7) is -0.0193. The lowest BCUT2D eigenvalue weighted by Crippen LogP contribution is -2.29. The first-order chi connectivity index (χ1) is 14.1. The summed E-state index contributed by atoms with van der Waals surface area (Å²) < 4.78 is 31.4. The Balaban J connectivity index is 1.97. The minimum atomic E-state index is -3.75. The minimum Gasteiger partial charge on any atom is -0.453 e. The van der Waals surface area contributed by atoms with Gasteiger partial charge in [0.05, 0.1) is 34.5 Å². The molecule has 3 N–H and O–H groups in total. The van der Waals surface area contributed by atoms with Gasteiger partial charge < -0.3 is 15.4 Å². The fraction of sp³-hybridized carbons (Fsp3) is 0.278. The number of hydrogen-bond donors (Lipinski definition) is 3. The van der Waals surface area contributed by atoms with Crippen molar-refractivity contribution in [1.82, 2.24) is 5.32 Å². The van der Waals surface area contributed by atoms with E-state index < -0.39 is 26.5 Å². The summed E-state index contributed by atoms with van der Waals surface area (Å²) in [6.07, 6.45) is 2.87. The highest BCUT2D eigenvalue weighted by atomic mass is 35.5. The van der Waals surface area contributed by atoms with Crippen molar-refractivity contribution in [3.63, 3.8) is 0 Å². The van der Waals surface area contributed by atoms with Crippen LogP contribution in [-0.2, 0) is 14.8 Å². The Labute approximate surface area is 177 Å². The molecule has 1 aliphatic rings. The predicted molar refractivity (Wildman–Crippen MR) is 113 cm³/mol. The molecule has 1 amide bonds. The molecule has 0 heterocycles. The van der Waals surface area contributed by atoms with Gasteiger partial charge >= 0.3 is 0 Å². The van der Waals surface area contributed by atoms with Gasteiger partial charge in [-0.05, 0) is 31.0 Å². The van der Waals surface area contributed by atoms with Crippen molar-refractivity contribution in [2.24, 2.45) is 0 Å². The van der Waals surface area contributed by atoms with Gasteiger partial charge in [0.15, 0.2) is 5.75 Å². The SMILES string of the molecule is CS(=O)(=O)Nc1cc(NC(=O)CNC2CC2)c([N+](=O)[O-])cc1Oc1ccccc1Cl. The van der Waals surface area contributed by atoms with E-state index in [0.29, 0.717) is 0 Å². The van der Waals surface area contributed by atoms with Gasteiger partial charge in [-0.25, -0.2) is 8.42 Å². The number of halogens is 1. The van der Waals surface area contributed by atoms with E-state index in [9.17, 15) is 23.3 Å². The van der Waals surface area contributed by atoms with Gasteiger partial charge in [0.1, 0.15) is 11.4 Å². The van der Waals surface area contributed by atoms with Crippen LogP contribution in [0.15, 0.2) is 36.4 Å². The molecule has 2 aromatic carbocycles. The average molecular weight is 455 g/mol. The number of rotatable bonds is 9. The molecule has 1 fully saturated rings. The van der Waals surface area contributed by atoms with E-state index in [1.165, 1.54) is 6.07 Å². The molecule has 1 aliphatic carbocycles. The molecular weight excluding hydrogens is 436 g/mol. The van der Waals surface area contributed by atoms with Crippen LogP contribution in [0, 0.1) is 10.1 Å². The third-order valence-electron chi connectivity index (χ3n) is 4.05. The molecule has 0 saturated heterocycles. The molecule has 0 bridgehead atoms. The molecule has 1 saturated carbocycles. The summed E-state index contributed by atoms with van der Waals surface area (Å²) in [6, 6.07) is 8.83. The lowest BCUT2D eigenvalue weighted by Gasteiger charge is -2.15. The molecule has 0 spiro atoms. The number of carbonyl (C=O) groups excluding carboxylic acids is 1. The van der Waals surface area contributed by atoms with Gasteiger partial charge in [0, 0.05) is 6.04 Å². The van der Waals surface area contributed by atoms with E-state index in [1.54, 1.807) is 18.2 Å². The largest absolute Gasteiger partial charge is 0.453 e. The average Bonchev–Trinajstić information content (AvgIpc) is 3.46. The smallest absolute Gasteiger partial charge is 0.296 e. The number of nitrogens with one attached hydrogen (secondary N) is 3. The maximum Gasteiger partial charge on any atom is 0.296 e. The topological polar surface area (TPSA) is 140 Å². The fourth-order valence-corrected chi connectivity index (χ4v) is 3.28. The Morgan fingerprint density at radius 3 is 2.53 bits per heavy atom. The van der Waals surface area contributed by atoms with Crippen LogP contribution >= 0.6 is 11.6 Å². The summed E-state index contributed by atoms with van der Waals surface area (Å²) in [5.74, 6) is -0.458. The monoisotopic (exact) mass is 454 g/mol. The summed E-state index contributed by atoms with van der Waals surface area (Å²) in [5, 5.41) is 17.2. The number of nitro benzene ring substituents is 1. The second-order valence-electron chi connectivity index (χ2n) is 6.73. The van der Waals surface area contributed by atoms with Gasteiger partial charge in [0.2, 0.25) is 15.9 Å².